The van der Waals surface area contributed by atoms with Crippen molar-refractivity contribution in [2.45, 2.75) is 51.3 Å². The molecule has 0 saturated carbocycles. The molecule has 0 fully saturated rings. The van der Waals surface area contributed by atoms with Crippen LogP contribution in [0.1, 0.15) is 38.8 Å². The van der Waals surface area contributed by atoms with E-state index in [0.717, 1.165) is 18.4 Å². The standard InChI is InChI=1S/C16H17F.C6H13NO2S/c1-3-12-5-6-15(11-13(12)4-2)14-7-9-16(17)10-8-14;1-6(2,10)4(7-3)5(8)9/h5-11H,3-4H2,1-2H3;4,7,10H,1-3H3,(H,8,9)/t;4-/m.1/s1. The summed E-state index contributed by atoms with van der Waals surface area (Å²) < 4.78 is 12.3. The van der Waals surface area contributed by atoms with Gasteiger partial charge < -0.3 is 10.4 Å². The molecule has 2 N–H and O–H groups in total. The summed E-state index contributed by atoms with van der Waals surface area (Å²) in [5, 5.41) is 11.3. The van der Waals surface area contributed by atoms with Crippen LogP contribution in [0.2, 0.25) is 0 Å². The minimum Gasteiger partial charge on any atom is -0.480 e. The summed E-state index contributed by atoms with van der Waals surface area (Å²) in [7, 11) is 1.61. The highest BCUT2D eigenvalue weighted by molar-refractivity contribution is 7.81. The molecule has 148 valence electrons. The van der Waals surface area contributed by atoms with Crippen molar-refractivity contribution < 1.29 is 14.3 Å². The summed E-state index contributed by atoms with van der Waals surface area (Å²) in [6.07, 6.45) is 2.10. The molecule has 0 amide bonds. The van der Waals surface area contributed by atoms with Gasteiger partial charge in [-0.1, -0.05) is 44.2 Å². The predicted molar refractivity (Wildman–Crippen MR) is 114 cm³/mol. The highest BCUT2D eigenvalue weighted by atomic mass is 32.1. The van der Waals surface area contributed by atoms with Crippen LogP contribution in [0.3, 0.4) is 0 Å². The number of likely N-dealkylation sites (N-methyl/N-ethyl adjacent to an activating group) is 1. The van der Waals surface area contributed by atoms with Crippen LogP contribution < -0.4 is 5.32 Å². The fraction of sp³-hybridized carbons (Fsp3) is 0.409. The zero-order valence-electron chi connectivity index (χ0n) is 16.7. The zero-order chi connectivity index (χ0) is 20.6. The average Bonchev–Trinajstić information content (AvgIpc) is 2.61. The lowest BCUT2D eigenvalue weighted by atomic mass is 9.96. The van der Waals surface area contributed by atoms with Gasteiger partial charge in [0.2, 0.25) is 0 Å². The molecule has 5 heteroatoms. The quantitative estimate of drug-likeness (QED) is 0.608. The van der Waals surface area contributed by atoms with E-state index in [2.05, 4.69) is 50.0 Å². The second-order valence-corrected chi connectivity index (χ2v) is 8.06. The summed E-state index contributed by atoms with van der Waals surface area (Å²) in [4.78, 5) is 10.5. The highest BCUT2D eigenvalue weighted by Gasteiger charge is 2.30. The number of halogens is 1. The lowest BCUT2D eigenvalue weighted by Gasteiger charge is -2.25. The number of carbonyl (C=O) groups is 1. The summed E-state index contributed by atoms with van der Waals surface area (Å²) in [6.45, 7) is 7.85. The van der Waals surface area contributed by atoms with Crippen LogP contribution in [0, 0.1) is 5.82 Å². The topological polar surface area (TPSA) is 49.3 Å². The van der Waals surface area contributed by atoms with Gasteiger partial charge in [0.05, 0.1) is 0 Å². The molecule has 3 nitrogen and oxygen atoms in total. The van der Waals surface area contributed by atoms with Gasteiger partial charge in [-0.15, -0.1) is 0 Å². The highest BCUT2D eigenvalue weighted by Crippen LogP contribution is 2.23. The normalized spacial score (nSPS) is 12.1. The first kappa shape index (κ1) is 23.2. The molecule has 27 heavy (non-hydrogen) atoms. The Labute approximate surface area is 167 Å². The van der Waals surface area contributed by atoms with Crippen LogP contribution in [-0.4, -0.2) is 28.9 Å². The number of aryl methyl sites for hydroxylation is 2. The first-order chi connectivity index (χ1) is 12.6. The van der Waals surface area contributed by atoms with Crippen LogP contribution in [0.25, 0.3) is 11.1 Å². The van der Waals surface area contributed by atoms with Crippen molar-refractivity contribution in [3.63, 3.8) is 0 Å². The van der Waals surface area contributed by atoms with Crippen LogP contribution in [0.15, 0.2) is 42.5 Å². The van der Waals surface area contributed by atoms with Crippen molar-refractivity contribution in [2.24, 2.45) is 0 Å². The van der Waals surface area contributed by atoms with E-state index >= 15 is 0 Å². The Morgan fingerprint density at radius 2 is 1.59 bits per heavy atom. The number of aliphatic carboxylic acids is 1. The van der Waals surface area contributed by atoms with Gasteiger partial charge in [0.25, 0.3) is 0 Å². The van der Waals surface area contributed by atoms with Crippen molar-refractivity contribution in [1.29, 1.82) is 0 Å². The molecule has 1 atom stereocenters. The smallest absolute Gasteiger partial charge is 0.322 e. The summed E-state index contributed by atoms with van der Waals surface area (Å²) >= 11 is 4.13. The number of thiol groups is 1. The molecular weight excluding hydrogens is 361 g/mol. The second-order valence-electron chi connectivity index (χ2n) is 6.91. The fourth-order valence-electron chi connectivity index (χ4n) is 2.90. The first-order valence-corrected chi connectivity index (χ1v) is 9.58. The number of benzene rings is 2. The van der Waals surface area contributed by atoms with Crippen molar-refractivity contribution in [3.05, 3.63) is 59.4 Å². The predicted octanol–water partition coefficient (Wildman–Crippen LogP) is 4.98. The maximum absolute atomic E-state index is 12.9. The number of hydrogen-bond acceptors (Lipinski definition) is 3. The van der Waals surface area contributed by atoms with Gasteiger partial charge in [0.15, 0.2) is 0 Å². The van der Waals surface area contributed by atoms with Crippen molar-refractivity contribution in [1.82, 2.24) is 5.32 Å². The number of nitrogens with one attached hydrogen (secondary N) is 1. The number of carboxylic acids is 1. The van der Waals surface area contributed by atoms with Gasteiger partial charge in [-0.3, -0.25) is 4.79 Å². The van der Waals surface area contributed by atoms with Gasteiger partial charge in [-0.25, -0.2) is 4.39 Å². The van der Waals surface area contributed by atoms with E-state index in [1.807, 2.05) is 12.1 Å². The molecule has 0 radical (unpaired) electrons. The molecule has 2 rings (SSSR count). The molecule has 0 unspecified atom stereocenters. The summed E-state index contributed by atoms with van der Waals surface area (Å²) in [5.41, 5.74) is 5.02. The Bertz CT molecular complexity index is 739. The van der Waals surface area contributed by atoms with Gasteiger partial charge in [0, 0.05) is 4.75 Å². The Balaban J connectivity index is 0.000000314. The summed E-state index contributed by atoms with van der Waals surface area (Å²) in [6, 6.07) is 12.6. The van der Waals surface area contributed by atoms with E-state index in [0.29, 0.717) is 0 Å². The van der Waals surface area contributed by atoms with Crippen LogP contribution >= 0.6 is 12.6 Å². The lowest BCUT2D eigenvalue weighted by Crippen LogP contribution is -2.47. The van der Waals surface area contributed by atoms with Crippen LogP contribution in [0.4, 0.5) is 4.39 Å². The SMILES string of the molecule is CCc1ccc(-c2ccc(F)cc2)cc1CC.CN[C@H](C(=O)O)C(C)(C)S. The third kappa shape index (κ3) is 7.00. The molecule has 0 aliphatic rings. The van der Waals surface area contributed by atoms with E-state index in [1.165, 1.54) is 28.8 Å². The monoisotopic (exact) mass is 391 g/mol. The molecule has 2 aromatic carbocycles. The number of rotatable bonds is 6. The van der Waals surface area contributed by atoms with E-state index in [4.69, 9.17) is 5.11 Å². The largest absolute Gasteiger partial charge is 0.480 e. The Morgan fingerprint density at radius 3 is 1.96 bits per heavy atom. The van der Waals surface area contributed by atoms with E-state index < -0.39 is 16.8 Å². The second kappa shape index (κ2) is 10.5. The minimum atomic E-state index is -0.873. The lowest BCUT2D eigenvalue weighted by molar-refractivity contribution is -0.139. The Morgan fingerprint density at radius 1 is 1.07 bits per heavy atom. The number of hydrogen-bond donors (Lipinski definition) is 3. The maximum atomic E-state index is 12.9. The molecular formula is C22H30FNO2S. The van der Waals surface area contributed by atoms with Crippen molar-refractivity contribution >= 4 is 18.6 Å². The molecule has 0 aromatic heterocycles. The number of carboxylic acid groups (broad SMARTS) is 1. The third-order valence-corrected chi connectivity index (χ3v) is 4.65. The first-order valence-electron chi connectivity index (χ1n) is 9.14. The molecule has 0 spiro atoms. The average molecular weight is 392 g/mol. The summed E-state index contributed by atoms with van der Waals surface area (Å²) in [5.74, 6) is -1.06. The Hall–Kier alpha value is -1.85. The maximum Gasteiger partial charge on any atom is 0.322 e. The molecule has 0 heterocycles. The molecule has 2 aromatic rings. The van der Waals surface area contributed by atoms with Gasteiger partial charge in [-0.05, 0) is 68.1 Å². The minimum absolute atomic E-state index is 0.186. The van der Waals surface area contributed by atoms with Crippen molar-refractivity contribution in [3.8, 4) is 11.1 Å². The molecule has 0 saturated heterocycles. The van der Waals surface area contributed by atoms with Gasteiger partial charge >= 0.3 is 5.97 Å². The van der Waals surface area contributed by atoms with Crippen LogP contribution in [-0.2, 0) is 17.6 Å². The molecule has 0 bridgehead atoms. The Kier molecular flexibility index (Phi) is 9.00. The van der Waals surface area contributed by atoms with Gasteiger partial charge in [-0.2, -0.15) is 12.6 Å². The van der Waals surface area contributed by atoms with E-state index in [9.17, 15) is 9.18 Å². The fourth-order valence-corrected chi connectivity index (χ4v) is 3.14. The van der Waals surface area contributed by atoms with E-state index in [1.54, 1.807) is 20.9 Å². The third-order valence-electron chi connectivity index (χ3n) is 4.39. The zero-order valence-corrected chi connectivity index (χ0v) is 17.6. The van der Waals surface area contributed by atoms with Crippen LogP contribution in [0.5, 0.6) is 0 Å². The van der Waals surface area contributed by atoms with Crippen molar-refractivity contribution in [2.75, 3.05) is 7.05 Å². The van der Waals surface area contributed by atoms with E-state index in [-0.39, 0.29) is 5.82 Å². The molecule has 0 aliphatic carbocycles. The van der Waals surface area contributed by atoms with Gasteiger partial charge in [0.1, 0.15) is 11.9 Å². The molecule has 0 aliphatic heterocycles.